The van der Waals surface area contributed by atoms with Gasteiger partial charge in [-0.15, -0.1) is 0 Å². The van der Waals surface area contributed by atoms with E-state index in [0.29, 0.717) is 12.5 Å². The molecule has 0 saturated carbocycles. The number of nitrogens with zero attached hydrogens (tertiary/aromatic N) is 1. The molecule has 0 unspecified atom stereocenters. The van der Waals surface area contributed by atoms with Crippen LogP contribution < -0.4 is 0 Å². The first-order valence-electron chi connectivity index (χ1n) is 9.00. The van der Waals surface area contributed by atoms with Crippen LogP contribution in [0.3, 0.4) is 0 Å². The number of hydrogen-bond acceptors (Lipinski definition) is 3. The first-order chi connectivity index (χ1) is 11.4. The molecule has 0 amide bonds. The quantitative estimate of drug-likeness (QED) is 0.746. The Balaban J connectivity index is 2.14. The van der Waals surface area contributed by atoms with Gasteiger partial charge in [0.15, 0.2) is 5.90 Å². The lowest BCUT2D eigenvalue weighted by Crippen LogP contribution is -2.39. The summed E-state index contributed by atoms with van der Waals surface area (Å²) in [5.74, 6) is 2.11. The van der Waals surface area contributed by atoms with E-state index in [1.807, 2.05) is 0 Å². The average Bonchev–Trinajstić information content (AvgIpc) is 2.94. The van der Waals surface area contributed by atoms with Gasteiger partial charge in [0.05, 0.1) is 12.6 Å². The van der Waals surface area contributed by atoms with Crippen LogP contribution in [0.1, 0.15) is 64.0 Å². The molecule has 1 aromatic rings. The van der Waals surface area contributed by atoms with E-state index in [2.05, 4.69) is 58.0 Å². The van der Waals surface area contributed by atoms with Crippen LogP contribution in [-0.4, -0.2) is 25.2 Å². The number of hydrogen-bond donors (Lipinski definition) is 0. The van der Waals surface area contributed by atoms with Crippen molar-refractivity contribution in [3.63, 3.8) is 0 Å². The second-order valence-electron chi connectivity index (χ2n) is 7.76. The molecule has 1 aromatic carbocycles. The Labute approximate surface area is 145 Å². The zero-order valence-electron chi connectivity index (χ0n) is 15.6. The lowest BCUT2D eigenvalue weighted by Gasteiger charge is -2.41. The standard InChI is InChI=1S/C21H29NO2/c1-6-7-12-17-16-11-9-8-10-15(16)13-18(23-5)21(17,4)19-22-20(2,3)14-24-19/h8-11,13,17H,6-7,12,14H2,1-5H3/t17-,21-/m1/s1. The van der Waals surface area contributed by atoms with Crippen molar-refractivity contribution in [3.8, 4) is 0 Å². The topological polar surface area (TPSA) is 30.8 Å². The summed E-state index contributed by atoms with van der Waals surface area (Å²) in [5, 5.41) is 0. The Kier molecular flexibility index (Phi) is 4.46. The summed E-state index contributed by atoms with van der Waals surface area (Å²) in [5.41, 5.74) is 2.13. The van der Waals surface area contributed by atoms with Gasteiger partial charge in [0.2, 0.25) is 0 Å². The molecule has 0 saturated heterocycles. The first kappa shape index (κ1) is 17.1. The van der Waals surface area contributed by atoms with Gasteiger partial charge in [-0.2, -0.15) is 0 Å². The molecule has 130 valence electrons. The number of unbranched alkanes of at least 4 members (excludes halogenated alkanes) is 1. The summed E-state index contributed by atoms with van der Waals surface area (Å²) in [4.78, 5) is 4.92. The number of aliphatic imine (C=N–C) groups is 1. The van der Waals surface area contributed by atoms with Crippen molar-refractivity contribution in [3.05, 3.63) is 41.2 Å². The van der Waals surface area contributed by atoms with Gasteiger partial charge in [-0.1, -0.05) is 44.0 Å². The summed E-state index contributed by atoms with van der Waals surface area (Å²) < 4.78 is 12.0. The smallest absolute Gasteiger partial charge is 0.198 e. The molecule has 0 bridgehead atoms. The lowest BCUT2D eigenvalue weighted by molar-refractivity contribution is 0.168. The normalized spacial score (nSPS) is 27.8. The summed E-state index contributed by atoms with van der Waals surface area (Å²) in [7, 11) is 1.76. The van der Waals surface area contributed by atoms with E-state index >= 15 is 0 Å². The van der Waals surface area contributed by atoms with E-state index in [0.717, 1.165) is 18.1 Å². The van der Waals surface area contributed by atoms with Crippen LogP contribution in [0.2, 0.25) is 0 Å². The van der Waals surface area contributed by atoms with Gasteiger partial charge in [0.25, 0.3) is 0 Å². The molecule has 3 rings (SSSR count). The fraction of sp³-hybridized carbons (Fsp3) is 0.571. The fourth-order valence-corrected chi connectivity index (χ4v) is 3.96. The minimum absolute atomic E-state index is 0.163. The van der Waals surface area contributed by atoms with Crippen molar-refractivity contribution >= 4 is 12.0 Å². The highest BCUT2D eigenvalue weighted by molar-refractivity contribution is 5.90. The number of rotatable bonds is 5. The Hall–Kier alpha value is -1.77. The van der Waals surface area contributed by atoms with Crippen molar-refractivity contribution in [2.24, 2.45) is 10.4 Å². The van der Waals surface area contributed by atoms with Crippen molar-refractivity contribution in [1.82, 2.24) is 0 Å². The zero-order valence-corrected chi connectivity index (χ0v) is 15.6. The van der Waals surface area contributed by atoms with E-state index in [4.69, 9.17) is 14.5 Å². The van der Waals surface area contributed by atoms with Gasteiger partial charge < -0.3 is 9.47 Å². The number of methoxy groups -OCH3 is 1. The molecule has 24 heavy (non-hydrogen) atoms. The minimum Gasteiger partial charge on any atom is -0.500 e. The molecule has 2 atom stereocenters. The third-order valence-electron chi connectivity index (χ3n) is 5.34. The Bertz CT molecular complexity index is 674. The van der Waals surface area contributed by atoms with Crippen LogP contribution in [0.5, 0.6) is 0 Å². The van der Waals surface area contributed by atoms with Crippen molar-refractivity contribution in [1.29, 1.82) is 0 Å². The maximum absolute atomic E-state index is 6.10. The summed E-state index contributed by atoms with van der Waals surface area (Å²) in [6.45, 7) is 9.36. The molecule has 3 heteroatoms. The van der Waals surface area contributed by atoms with Gasteiger partial charge in [0.1, 0.15) is 17.8 Å². The van der Waals surface area contributed by atoms with Crippen LogP contribution in [0, 0.1) is 5.41 Å². The largest absolute Gasteiger partial charge is 0.500 e. The first-order valence-corrected chi connectivity index (χ1v) is 9.00. The summed E-state index contributed by atoms with van der Waals surface area (Å²) >= 11 is 0. The van der Waals surface area contributed by atoms with E-state index in [1.54, 1.807) is 7.11 Å². The molecular weight excluding hydrogens is 298 g/mol. The van der Waals surface area contributed by atoms with Gasteiger partial charge in [-0.3, -0.25) is 0 Å². The Morgan fingerprint density at radius 1 is 1.25 bits per heavy atom. The predicted molar refractivity (Wildman–Crippen MR) is 99.3 cm³/mol. The Morgan fingerprint density at radius 2 is 2.00 bits per heavy atom. The second-order valence-corrected chi connectivity index (χ2v) is 7.76. The SMILES string of the molecule is CCCC[C@@H]1c2ccccc2C=C(OC)[C@]1(C)C1=NC(C)(C)CO1. The number of benzene rings is 1. The van der Waals surface area contributed by atoms with E-state index < -0.39 is 0 Å². The van der Waals surface area contributed by atoms with Crippen LogP contribution in [-0.2, 0) is 9.47 Å². The van der Waals surface area contributed by atoms with E-state index in [-0.39, 0.29) is 11.0 Å². The van der Waals surface area contributed by atoms with Gasteiger partial charge in [-0.25, -0.2) is 4.99 Å². The monoisotopic (exact) mass is 327 g/mol. The van der Waals surface area contributed by atoms with Crippen molar-refractivity contribution in [2.45, 2.75) is 58.4 Å². The van der Waals surface area contributed by atoms with E-state index in [1.165, 1.54) is 24.0 Å². The molecule has 0 aromatic heterocycles. The molecule has 0 N–H and O–H groups in total. The Morgan fingerprint density at radius 3 is 2.62 bits per heavy atom. The van der Waals surface area contributed by atoms with Crippen molar-refractivity contribution in [2.75, 3.05) is 13.7 Å². The highest BCUT2D eigenvalue weighted by atomic mass is 16.5. The molecule has 0 fully saturated rings. The second kappa shape index (κ2) is 6.27. The lowest BCUT2D eigenvalue weighted by atomic mass is 9.65. The van der Waals surface area contributed by atoms with Crippen LogP contribution in [0.4, 0.5) is 0 Å². The zero-order chi connectivity index (χ0) is 17.4. The molecule has 2 aliphatic rings. The average molecular weight is 327 g/mol. The van der Waals surface area contributed by atoms with Crippen LogP contribution in [0.15, 0.2) is 35.0 Å². The maximum atomic E-state index is 6.10. The molecular formula is C21H29NO2. The van der Waals surface area contributed by atoms with Crippen molar-refractivity contribution < 1.29 is 9.47 Å². The molecule has 0 radical (unpaired) electrons. The third-order valence-corrected chi connectivity index (χ3v) is 5.34. The minimum atomic E-state index is -0.341. The van der Waals surface area contributed by atoms with Crippen LogP contribution in [0.25, 0.3) is 6.08 Å². The predicted octanol–water partition coefficient (Wildman–Crippen LogP) is 5.17. The number of ether oxygens (including phenoxy) is 2. The van der Waals surface area contributed by atoms with Gasteiger partial charge in [-0.05, 0) is 44.4 Å². The maximum Gasteiger partial charge on any atom is 0.198 e. The molecule has 1 heterocycles. The summed E-state index contributed by atoms with van der Waals surface area (Å²) in [6.07, 6.45) is 5.63. The number of fused-ring (bicyclic) bond motifs is 1. The molecule has 0 spiro atoms. The third kappa shape index (κ3) is 2.74. The molecule has 1 aliphatic carbocycles. The van der Waals surface area contributed by atoms with Gasteiger partial charge >= 0.3 is 0 Å². The molecule has 3 nitrogen and oxygen atoms in total. The summed E-state index contributed by atoms with van der Waals surface area (Å²) in [6, 6.07) is 8.64. The van der Waals surface area contributed by atoms with E-state index in [9.17, 15) is 0 Å². The van der Waals surface area contributed by atoms with Gasteiger partial charge in [0, 0.05) is 5.92 Å². The fourth-order valence-electron chi connectivity index (χ4n) is 3.96. The molecule has 1 aliphatic heterocycles. The highest BCUT2D eigenvalue weighted by Crippen LogP contribution is 2.52. The highest BCUT2D eigenvalue weighted by Gasteiger charge is 2.50. The van der Waals surface area contributed by atoms with Crippen LogP contribution >= 0.6 is 0 Å².